The summed E-state index contributed by atoms with van der Waals surface area (Å²) in [4.78, 5) is 11.3. The van der Waals surface area contributed by atoms with Gasteiger partial charge in [-0.2, -0.15) is 0 Å². The van der Waals surface area contributed by atoms with E-state index in [0.29, 0.717) is 12.8 Å². The molecular weight excluding hydrogens is 300 g/mol. The molecule has 0 aromatic rings. The van der Waals surface area contributed by atoms with Gasteiger partial charge in [-0.1, -0.05) is 71.1 Å². The number of ether oxygens (including phenoxy) is 2. The van der Waals surface area contributed by atoms with Crippen molar-refractivity contribution in [1.29, 1.82) is 0 Å². The highest BCUT2D eigenvalue weighted by molar-refractivity contribution is 5.69. The van der Waals surface area contributed by atoms with Crippen LogP contribution < -0.4 is 0 Å². The summed E-state index contributed by atoms with van der Waals surface area (Å²) in [5.41, 5.74) is 0. The van der Waals surface area contributed by atoms with Gasteiger partial charge in [-0.15, -0.1) is 5.92 Å². The summed E-state index contributed by atoms with van der Waals surface area (Å²) in [6, 6.07) is 0. The Hall–Kier alpha value is -1.01. The Morgan fingerprint density at radius 1 is 0.917 bits per heavy atom. The maximum atomic E-state index is 11.3. The molecule has 0 aromatic carbocycles. The molecule has 0 radical (unpaired) electrons. The van der Waals surface area contributed by atoms with Gasteiger partial charge in [0.1, 0.15) is 6.10 Å². The summed E-state index contributed by atoms with van der Waals surface area (Å²) in [6.07, 6.45) is 14.3. The third kappa shape index (κ3) is 15.9. The topological polar surface area (TPSA) is 35.5 Å². The van der Waals surface area contributed by atoms with Crippen molar-refractivity contribution in [1.82, 2.24) is 0 Å². The molecule has 0 spiro atoms. The minimum atomic E-state index is -0.188. The van der Waals surface area contributed by atoms with Crippen LogP contribution in [0.4, 0.5) is 0 Å². The minimum Gasteiger partial charge on any atom is -0.469 e. The van der Waals surface area contributed by atoms with E-state index in [1.165, 1.54) is 58.5 Å². The van der Waals surface area contributed by atoms with E-state index >= 15 is 0 Å². The van der Waals surface area contributed by atoms with Gasteiger partial charge in [-0.25, -0.2) is 0 Å². The molecule has 0 aliphatic heterocycles. The molecule has 0 heterocycles. The lowest BCUT2D eigenvalue weighted by Crippen LogP contribution is -2.14. The van der Waals surface area contributed by atoms with Gasteiger partial charge < -0.3 is 9.47 Å². The predicted octanol–water partition coefficient (Wildman–Crippen LogP) is 5.66. The van der Waals surface area contributed by atoms with E-state index in [1.807, 2.05) is 0 Å². The number of methoxy groups -OCH3 is 1. The molecule has 0 saturated heterocycles. The van der Waals surface area contributed by atoms with Crippen molar-refractivity contribution in [2.45, 2.75) is 103 Å². The quantitative estimate of drug-likeness (QED) is 0.219. The Balaban J connectivity index is 3.99. The SMILES string of the molecule is CCCCCCCCC#C[C@H](CCC(=O)OC)OCCCCCC. The maximum absolute atomic E-state index is 11.3. The Morgan fingerprint density at radius 2 is 1.54 bits per heavy atom. The fourth-order valence-electron chi connectivity index (χ4n) is 2.48. The molecule has 0 amide bonds. The van der Waals surface area contributed by atoms with Gasteiger partial charge in [0.05, 0.1) is 7.11 Å². The fraction of sp³-hybridized carbons (Fsp3) is 0.857. The Kier molecular flexibility index (Phi) is 17.6. The zero-order chi connectivity index (χ0) is 17.9. The second-order valence-corrected chi connectivity index (χ2v) is 6.37. The lowest BCUT2D eigenvalue weighted by atomic mass is 10.1. The molecule has 0 bridgehead atoms. The first-order valence-electron chi connectivity index (χ1n) is 9.91. The van der Waals surface area contributed by atoms with Crippen LogP contribution in [0, 0.1) is 11.8 Å². The number of carbonyl (C=O) groups excluding carboxylic acids is 1. The summed E-state index contributed by atoms with van der Waals surface area (Å²) >= 11 is 0. The second-order valence-electron chi connectivity index (χ2n) is 6.37. The molecule has 0 rings (SSSR count). The molecule has 0 unspecified atom stereocenters. The molecule has 24 heavy (non-hydrogen) atoms. The van der Waals surface area contributed by atoms with Crippen LogP contribution in [0.3, 0.4) is 0 Å². The van der Waals surface area contributed by atoms with Crippen LogP contribution in [0.5, 0.6) is 0 Å². The van der Waals surface area contributed by atoms with Crippen molar-refractivity contribution in [3.05, 3.63) is 0 Å². The van der Waals surface area contributed by atoms with E-state index in [2.05, 4.69) is 25.7 Å². The highest BCUT2D eigenvalue weighted by Crippen LogP contribution is 2.08. The largest absolute Gasteiger partial charge is 0.469 e. The molecule has 0 fully saturated rings. The van der Waals surface area contributed by atoms with E-state index in [1.54, 1.807) is 0 Å². The second kappa shape index (κ2) is 18.3. The molecule has 0 N–H and O–H groups in total. The number of rotatable bonds is 15. The van der Waals surface area contributed by atoms with Gasteiger partial charge in [0.2, 0.25) is 0 Å². The molecule has 140 valence electrons. The number of unbranched alkanes of at least 4 members (excludes halogenated alkanes) is 9. The summed E-state index contributed by atoms with van der Waals surface area (Å²) < 4.78 is 10.6. The van der Waals surface area contributed by atoms with Crippen molar-refractivity contribution < 1.29 is 14.3 Å². The highest BCUT2D eigenvalue weighted by Gasteiger charge is 2.09. The van der Waals surface area contributed by atoms with Crippen molar-refractivity contribution in [3.8, 4) is 11.8 Å². The lowest BCUT2D eigenvalue weighted by molar-refractivity contribution is -0.141. The van der Waals surface area contributed by atoms with E-state index in [4.69, 9.17) is 9.47 Å². The Bertz CT molecular complexity index is 341. The molecule has 1 atom stereocenters. The fourth-order valence-corrected chi connectivity index (χ4v) is 2.48. The Morgan fingerprint density at radius 3 is 2.21 bits per heavy atom. The molecule has 3 heteroatoms. The molecule has 0 aliphatic rings. The zero-order valence-electron chi connectivity index (χ0n) is 16.2. The van der Waals surface area contributed by atoms with Gasteiger partial charge in [-0.05, 0) is 19.3 Å². The van der Waals surface area contributed by atoms with Crippen LogP contribution in [0.2, 0.25) is 0 Å². The maximum Gasteiger partial charge on any atom is 0.305 e. The molecule has 0 aliphatic carbocycles. The summed E-state index contributed by atoms with van der Waals surface area (Å²) in [7, 11) is 1.42. The summed E-state index contributed by atoms with van der Waals surface area (Å²) in [5.74, 6) is 6.27. The monoisotopic (exact) mass is 338 g/mol. The normalized spacial score (nSPS) is 11.6. The van der Waals surface area contributed by atoms with E-state index in [-0.39, 0.29) is 12.1 Å². The van der Waals surface area contributed by atoms with Crippen LogP contribution in [0.1, 0.15) is 97.3 Å². The number of esters is 1. The van der Waals surface area contributed by atoms with Crippen molar-refractivity contribution in [3.63, 3.8) is 0 Å². The van der Waals surface area contributed by atoms with Crippen LogP contribution >= 0.6 is 0 Å². The van der Waals surface area contributed by atoms with Crippen LogP contribution in [-0.2, 0) is 14.3 Å². The first-order chi connectivity index (χ1) is 11.7. The summed E-state index contributed by atoms with van der Waals surface area (Å²) in [6.45, 7) is 5.17. The third-order valence-corrected chi connectivity index (χ3v) is 4.07. The van der Waals surface area contributed by atoms with Crippen molar-refractivity contribution >= 4 is 5.97 Å². The van der Waals surface area contributed by atoms with Gasteiger partial charge >= 0.3 is 5.97 Å². The predicted molar refractivity (Wildman–Crippen MR) is 101 cm³/mol. The van der Waals surface area contributed by atoms with Crippen LogP contribution in [0.15, 0.2) is 0 Å². The van der Waals surface area contributed by atoms with Gasteiger partial charge in [0, 0.05) is 19.4 Å². The standard InChI is InChI=1S/C21H38O3/c1-4-6-8-10-11-12-13-14-16-20(17-18-21(22)23-3)24-19-15-9-7-5-2/h20H,4-13,15,17-19H2,1-3H3/t20-/m1/s1. The number of hydrogen-bond acceptors (Lipinski definition) is 3. The summed E-state index contributed by atoms with van der Waals surface area (Å²) in [5, 5.41) is 0. The van der Waals surface area contributed by atoms with Gasteiger partial charge in [0.15, 0.2) is 0 Å². The molecule has 0 saturated carbocycles. The van der Waals surface area contributed by atoms with Gasteiger partial charge in [-0.3, -0.25) is 4.79 Å². The number of hydrogen-bond donors (Lipinski definition) is 0. The van der Waals surface area contributed by atoms with E-state index in [9.17, 15) is 4.79 Å². The van der Waals surface area contributed by atoms with Crippen LogP contribution in [-0.4, -0.2) is 25.8 Å². The minimum absolute atomic E-state index is 0.134. The average Bonchev–Trinajstić information content (AvgIpc) is 2.60. The number of carbonyl (C=O) groups is 1. The lowest BCUT2D eigenvalue weighted by Gasteiger charge is -2.11. The first kappa shape index (κ1) is 23.0. The molecule has 0 aromatic heterocycles. The third-order valence-electron chi connectivity index (χ3n) is 4.07. The van der Waals surface area contributed by atoms with Crippen molar-refractivity contribution in [2.75, 3.05) is 13.7 Å². The first-order valence-corrected chi connectivity index (χ1v) is 9.91. The zero-order valence-corrected chi connectivity index (χ0v) is 16.2. The van der Waals surface area contributed by atoms with Gasteiger partial charge in [0.25, 0.3) is 0 Å². The van der Waals surface area contributed by atoms with E-state index in [0.717, 1.165) is 25.9 Å². The molecular formula is C21H38O3. The smallest absolute Gasteiger partial charge is 0.305 e. The molecule has 3 nitrogen and oxygen atoms in total. The van der Waals surface area contributed by atoms with E-state index < -0.39 is 0 Å². The van der Waals surface area contributed by atoms with Crippen LogP contribution in [0.25, 0.3) is 0 Å². The van der Waals surface area contributed by atoms with Crippen molar-refractivity contribution in [2.24, 2.45) is 0 Å². The Labute approximate surface area is 149 Å². The average molecular weight is 339 g/mol. The highest BCUT2D eigenvalue weighted by atomic mass is 16.5.